The molecule has 1 N–H and O–H groups in total. The first kappa shape index (κ1) is 8.96. The lowest BCUT2D eigenvalue weighted by Gasteiger charge is -1.97. The number of hydrogen-bond donors (Lipinski definition) is 1. The molecule has 1 aromatic carbocycles. The Bertz CT molecular complexity index is 540. The maximum Gasteiger partial charge on any atom is 0.323 e. The van der Waals surface area contributed by atoms with Gasteiger partial charge in [0.25, 0.3) is 0 Å². The minimum absolute atomic E-state index is 0.228. The highest BCUT2D eigenvalue weighted by Crippen LogP contribution is 2.15. The minimum atomic E-state index is -1.00. The molecule has 0 atom stereocenters. The highest BCUT2D eigenvalue weighted by molar-refractivity contribution is 7.16. The van der Waals surface area contributed by atoms with Gasteiger partial charge in [0.1, 0.15) is 6.54 Å². The minimum Gasteiger partial charge on any atom is -0.480 e. The predicted molar refractivity (Wildman–Crippen MR) is 53.7 cm³/mol. The summed E-state index contributed by atoms with van der Waals surface area (Å²) in [5, 5.41) is 8.61. The van der Waals surface area contributed by atoms with Gasteiger partial charge in [-0.3, -0.25) is 14.2 Å². The Balaban J connectivity index is 2.68. The van der Waals surface area contributed by atoms with Crippen molar-refractivity contribution in [3.63, 3.8) is 0 Å². The highest BCUT2D eigenvalue weighted by Gasteiger charge is 2.08. The van der Waals surface area contributed by atoms with Crippen LogP contribution < -0.4 is 4.87 Å². The molecule has 0 bridgehead atoms. The summed E-state index contributed by atoms with van der Waals surface area (Å²) in [5.74, 6) is -1.00. The van der Waals surface area contributed by atoms with Crippen molar-refractivity contribution in [2.75, 3.05) is 0 Å². The maximum atomic E-state index is 11.4. The number of carboxylic acids is 1. The van der Waals surface area contributed by atoms with Gasteiger partial charge in [-0.15, -0.1) is 0 Å². The molecule has 14 heavy (non-hydrogen) atoms. The van der Waals surface area contributed by atoms with Gasteiger partial charge in [-0.05, 0) is 12.1 Å². The molecule has 1 heterocycles. The van der Waals surface area contributed by atoms with Crippen molar-refractivity contribution < 1.29 is 9.90 Å². The second kappa shape index (κ2) is 3.26. The Labute approximate surface area is 83.0 Å². The lowest BCUT2D eigenvalue weighted by Crippen LogP contribution is -2.18. The molecule has 4 nitrogen and oxygen atoms in total. The molecular formula is C9H7NO3S. The number of carbonyl (C=O) groups is 1. The maximum absolute atomic E-state index is 11.4. The molecule has 0 spiro atoms. The molecule has 0 aliphatic heterocycles. The molecule has 0 amide bonds. The SMILES string of the molecule is O=C(O)Cn1c(=O)sc2ccccc21. The molecule has 1 aromatic heterocycles. The largest absolute Gasteiger partial charge is 0.480 e. The number of nitrogens with zero attached hydrogens (tertiary/aromatic N) is 1. The van der Waals surface area contributed by atoms with Gasteiger partial charge in [0, 0.05) is 0 Å². The third kappa shape index (κ3) is 1.42. The van der Waals surface area contributed by atoms with Crippen LogP contribution in [0.1, 0.15) is 0 Å². The van der Waals surface area contributed by atoms with E-state index in [0.29, 0.717) is 5.52 Å². The van der Waals surface area contributed by atoms with Crippen molar-refractivity contribution in [3.8, 4) is 0 Å². The molecule has 0 radical (unpaired) electrons. The van der Waals surface area contributed by atoms with E-state index in [0.717, 1.165) is 16.0 Å². The molecule has 2 aromatic rings. The average Bonchev–Trinajstić information content (AvgIpc) is 2.43. The summed E-state index contributed by atoms with van der Waals surface area (Å²) in [5.41, 5.74) is 0.685. The van der Waals surface area contributed by atoms with Crippen molar-refractivity contribution in [1.29, 1.82) is 0 Å². The van der Waals surface area contributed by atoms with E-state index in [2.05, 4.69) is 0 Å². The molecule has 0 aliphatic rings. The van der Waals surface area contributed by atoms with Crippen LogP contribution in [0.5, 0.6) is 0 Å². The third-order valence-corrected chi connectivity index (χ3v) is 2.83. The Hall–Kier alpha value is -1.62. The summed E-state index contributed by atoms with van der Waals surface area (Å²) in [6.45, 7) is -0.275. The van der Waals surface area contributed by atoms with Gasteiger partial charge in [-0.25, -0.2) is 0 Å². The standard InChI is InChI=1S/C9H7NO3S/c11-8(12)5-10-6-3-1-2-4-7(6)14-9(10)13/h1-4H,5H2,(H,11,12). The summed E-state index contributed by atoms with van der Waals surface area (Å²) in [6, 6.07) is 7.16. The summed E-state index contributed by atoms with van der Waals surface area (Å²) in [7, 11) is 0. The normalized spacial score (nSPS) is 10.6. The number of carboxylic acid groups (broad SMARTS) is 1. The van der Waals surface area contributed by atoms with E-state index in [1.165, 1.54) is 4.57 Å². The van der Waals surface area contributed by atoms with Crippen LogP contribution >= 0.6 is 11.3 Å². The molecule has 0 unspecified atom stereocenters. The zero-order valence-corrected chi connectivity index (χ0v) is 7.95. The van der Waals surface area contributed by atoms with Gasteiger partial charge >= 0.3 is 10.8 Å². The first-order valence-corrected chi connectivity index (χ1v) is 4.80. The number of benzene rings is 1. The third-order valence-electron chi connectivity index (χ3n) is 1.87. The number of aromatic nitrogens is 1. The zero-order valence-electron chi connectivity index (χ0n) is 7.14. The van der Waals surface area contributed by atoms with E-state index in [9.17, 15) is 9.59 Å². The van der Waals surface area contributed by atoms with Gasteiger partial charge < -0.3 is 5.11 Å². The fourth-order valence-corrected chi connectivity index (χ4v) is 2.19. The summed E-state index contributed by atoms with van der Waals surface area (Å²) < 4.78 is 2.08. The number of hydrogen-bond acceptors (Lipinski definition) is 3. The van der Waals surface area contributed by atoms with Crippen molar-refractivity contribution in [1.82, 2.24) is 4.57 Å². The predicted octanol–water partition coefficient (Wildman–Crippen LogP) is 1.15. The van der Waals surface area contributed by atoms with Crippen molar-refractivity contribution in [2.24, 2.45) is 0 Å². The van der Waals surface area contributed by atoms with Crippen LogP contribution in [0.2, 0.25) is 0 Å². The topological polar surface area (TPSA) is 59.3 Å². The van der Waals surface area contributed by atoms with Gasteiger partial charge in [0.05, 0.1) is 10.2 Å². The van der Waals surface area contributed by atoms with Crippen LogP contribution in [0.3, 0.4) is 0 Å². The Kier molecular flexibility index (Phi) is 2.09. The molecule has 0 saturated carbocycles. The number of para-hydroxylation sites is 1. The first-order chi connectivity index (χ1) is 6.68. The van der Waals surface area contributed by atoms with Crippen LogP contribution in [-0.2, 0) is 11.3 Å². The van der Waals surface area contributed by atoms with E-state index < -0.39 is 5.97 Å². The summed E-state index contributed by atoms with van der Waals surface area (Å²) >= 11 is 1.06. The number of fused-ring (bicyclic) bond motifs is 1. The molecule has 5 heteroatoms. The van der Waals surface area contributed by atoms with E-state index in [-0.39, 0.29) is 11.4 Å². The van der Waals surface area contributed by atoms with E-state index in [4.69, 9.17) is 5.11 Å². The van der Waals surface area contributed by atoms with Crippen LogP contribution in [0.15, 0.2) is 29.1 Å². The van der Waals surface area contributed by atoms with Gasteiger partial charge in [-0.1, -0.05) is 23.5 Å². The quantitative estimate of drug-likeness (QED) is 0.807. The van der Waals surface area contributed by atoms with Crippen LogP contribution in [0, 0.1) is 0 Å². The Morgan fingerprint density at radius 3 is 2.86 bits per heavy atom. The second-order valence-electron chi connectivity index (χ2n) is 2.82. The van der Waals surface area contributed by atoms with Crippen molar-refractivity contribution >= 4 is 27.5 Å². The van der Waals surface area contributed by atoms with Gasteiger partial charge in [0.2, 0.25) is 0 Å². The summed E-state index contributed by atoms with van der Waals surface area (Å²) in [6.07, 6.45) is 0. The van der Waals surface area contributed by atoms with Gasteiger partial charge in [0.15, 0.2) is 0 Å². The molecule has 2 rings (SSSR count). The van der Waals surface area contributed by atoms with E-state index >= 15 is 0 Å². The second-order valence-corrected chi connectivity index (χ2v) is 3.81. The van der Waals surface area contributed by atoms with Crippen molar-refractivity contribution in [3.05, 3.63) is 33.9 Å². The van der Waals surface area contributed by atoms with E-state index in [1.807, 2.05) is 6.07 Å². The van der Waals surface area contributed by atoms with Crippen LogP contribution in [0.25, 0.3) is 10.2 Å². The van der Waals surface area contributed by atoms with Crippen molar-refractivity contribution in [2.45, 2.75) is 6.54 Å². The number of rotatable bonds is 2. The first-order valence-electron chi connectivity index (χ1n) is 3.98. The number of aliphatic carboxylic acids is 1. The number of thiazole rings is 1. The zero-order chi connectivity index (χ0) is 10.1. The molecule has 0 saturated heterocycles. The average molecular weight is 209 g/mol. The molecule has 72 valence electrons. The highest BCUT2D eigenvalue weighted by atomic mass is 32.1. The smallest absolute Gasteiger partial charge is 0.323 e. The molecular weight excluding hydrogens is 202 g/mol. The fourth-order valence-electron chi connectivity index (χ4n) is 1.30. The lowest BCUT2D eigenvalue weighted by molar-refractivity contribution is -0.137. The molecule has 0 aliphatic carbocycles. The summed E-state index contributed by atoms with van der Waals surface area (Å²) in [4.78, 5) is 21.7. The van der Waals surface area contributed by atoms with Crippen LogP contribution in [-0.4, -0.2) is 15.6 Å². The lowest BCUT2D eigenvalue weighted by atomic mass is 10.3. The Morgan fingerprint density at radius 1 is 1.43 bits per heavy atom. The van der Waals surface area contributed by atoms with Crippen LogP contribution in [0.4, 0.5) is 0 Å². The Morgan fingerprint density at radius 2 is 2.14 bits per heavy atom. The van der Waals surface area contributed by atoms with Gasteiger partial charge in [-0.2, -0.15) is 0 Å². The monoisotopic (exact) mass is 209 g/mol. The van der Waals surface area contributed by atoms with E-state index in [1.54, 1.807) is 18.2 Å². The molecule has 0 fully saturated rings. The fraction of sp³-hybridized carbons (Fsp3) is 0.111.